The molecule has 1 heterocycles. The SMILES string of the molecule is CC(Oc1ccc2c(=O)c(-c3ccc(Cl)cc3)coc2c1)C(=O)OCc1ccccc1. The predicted octanol–water partition coefficient (Wildman–Crippen LogP) is 5.62. The molecule has 4 rings (SSSR count). The summed E-state index contributed by atoms with van der Waals surface area (Å²) in [4.78, 5) is 25.1. The summed E-state index contributed by atoms with van der Waals surface area (Å²) in [6, 6.07) is 21.2. The molecule has 0 aliphatic rings. The Morgan fingerprint density at radius 3 is 2.52 bits per heavy atom. The van der Waals surface area contributed by atoms with Crippen LogP contribution >= 0.6 is 11.6 Å². The molecule has 0 saturated carbocycles. The van der Waals surface area contributed by atoms with Crippen LogP contribution in [0.15, 0.2) is 88.3 Å². The number of hydrogen-bond acceptors (Lipinski definition) is 5. The van der Waals surface area contributed by atoms with Gasteiger partial charge in [0.25, 0.3) is 0 Å². The van der Waals surface area contributed by atoms with Crippen LogP contribution in [0.5, 0.6) is 5.75 Å². The maximum atomic E-state index is 12.9. The van der Waals surface area contributed by atoms with Crippen LogP contribution in [0.2, 0.25) is 5.02 Å². The van der Waals surface area contributed by atoms with E-state index in [4.69, 9.17) is 25.5 Å². The molecular weight excluding hydrogens is 416 g/mol. The number of carbonyl (C=O) groups excluding carboxylic acids is 1. The summed E-state index contributed by atoms with van der Waals surface area (Å²) < 4.78 is 16.7. The lowest BCUT2D eigenvalue weighted by Crippen LogP contribution is -2.26. The first-order valence-corrected chi connectivity index (χ1v) is 10.1. The van der Waals surface area contributed by atoms with Crippen LogP contribution in [0.4, 0.5) is 0 Å². The lowest BCUT2D eigenvalue weighted by molar-refractivity contribution is -0.152. The molecular formula is C25H19ClO5. The Kier molecular flexibility index (Phi) is 6.05. The summed E-state index contributed by atoms with van der Waals surface area (Å²) in [5.41, 5.74) is 2.26. The van der Waals surface area contributed by atoms with E-state index in [-0.39, 0.29) is 12.0 Å². The Balaban J connectivity index is 1.48. The highest BCUT2D eigenvalue weighted by molar-refractivity contribution is 6.30. The van der Waals surface area contributed by atoms with Gasteiger partial charge in [-0.05, 0) is 42.3 Å². The molecule has 0 spiro atoms. The molecule has 0 N–H and O–H groups in total. The average Bonchev–Trinajstić information content (AvgIpc) is 2.79. The summed E-state index contributed by atoms with van der Waals surface area (Å²) in [6.45, 7) is 1.78. The second kappa shape index (κ2) is 9.06. The van der Waals surface area contributed by atoms with Crippen molar-refractivity contribution in [2.75, 3.05) is 0 Å². The van der Waals surface area contributed by atoms with Gasteiger partial charge in [0.2, 0.25) is 0 Å². The molecule has 3 aromatic carbocycles. The zero-order valence-corrected chi connectivity index (χ0v) is 17.5. The van der Waals surface area contributed by atoms with Gasteiger partial charge in [-0.1, -0.05) is 54.1 Å². The second-order valence-electron chi connectivity index (χ2n) is 7.00. The molecule has 4 aromatic rings. The normalized spacial score (nSPS) is 11.8. The van der Waals surface area contributed by atoms with E-state index in [9.17, 15) is 9.59 Å². The van der Waals surface area contributed by atoms with Gasteiger partial charge in [-0.3, -0.25) is 4.79 Å². The van der Waals surface area contributed by atoms with Crippen molar-refractivity contribution in [3.8, 4) is 16.9 Å². The second-order valence-corrected chi connectivity index (χ2v) is 7.43. The Bertz CT molecular complexity index is 1260. The van der Waals surface area contributed by atoms with Crippen molar-refractivity contribution in [2.24, 2.45) is 0 Å². The van der Waals surface area contributed by atoms with Crippen molar-refractivity contribution < 1.29 is 18.7 Å². The van der Waals surface area contributed by atoms with Crippen molar-refractivity contribution in [3.05, 3.63) is 99.9 Å². The molecule has 5 nitrogen and oxygen atoms in total. The first-order chi connectivity index (χ1) is 15.0. The van der Waals surface area contributed by atoms with E-state index in [1.807, 2.05) is 30.3 Å². The Hall–Kier alpha value is -3.57. The summed E-state index contributed by atoms with van der Waals surface area (Å²) in [6.07, 6.45) is 0.594. The third-order valence-corrected chi connectivity index (χ3v) is 5.02. The smallest absolute Gasteiger partial charge is 0.347 e. The highest BCUT2D eigenvalue weighted by atomic mass is 35.5. The molecule has 0 aliphatic carbocycles. The largest absolute Gasteiger partial charge is 0.479 e. The molecule has 1 aromatic heterocycles. The molecule has 0 saturated heterocycles. The number of carbonyl (C=O) groups is 1. The Morgan fingerprint density at radius 2 is 1.77 bits per heavy atom. The number of esters is 1. The van der Waals surface area contributed by atoms with E-state index < -0.39 is 12.1 Å². The van der Waals surface area contributed by atoms with Crippen molar-refractivity contribution >= 4 is 28.5 Å². The zero-order valence-electron chi connectivity index (χ0n) is 16.7. The fourth-order valence-electron chi connectivity index (χ4n) is 3.11. The van der Waals surface area contributed by atoms with E-state index in [0.29, 0.717) is 27.3 Å². The van der Waals surface area contributed by atoms with Crippen molar-refractivity contribution in [1.82, 2.24) is 0 Å². The first kappa shape index (κ1) is 20.7. The summed E-state index contributed by atoms with van der Waals surface area (Å²) in [7, 11) is 0. The van der Waals surface area contributed by atoms with Gasteiger partial charge in [-0.25, -0.2) is 4.79 Å². The number of hydrogen-bond donors (Lipinski definition) is 0. The Labute approximate surface area is 183 Å². The summed E-state index contributed by atoms with van der Waals surface area (Å²) in [5, 5.41) is 1.01. The van der Waals surface area contributed by atoms with Gasteiger partial charge in [0.1, 0.15) is 24.2 Å². The van der Waals surface area contributed by atoms with Gasteiger partial charge in [-0.2, -0.15) is 0 Å². The predicted molar refractivity (Wildman–Crippen MR) is 119 cm³/mol. The minimum Gasteiger partial charge on any atom is -0.479 e. The maximum Gasteiger partial charge on any atom is 0.347 e. The first-order valence-electron chi connectivity index (χ1n) is 9.70. The van der Waals surface area contributed by atoms with Gasteiger partial charge in [0.05, 0.1) is 10.9 Å². The number of halogens is 1. The third-order valence-electron chi connectivity index (χ3n) is 4.77. The van der Waals surface area contributed by atoms with Crippen LogP contribution in [-0.4, -0.2) is 12.1 Å². The quantitative estimate of drug-likeness (QED) is 0.368. The van der Waals surface area contributed by atoms with Crippen molar-refractivity contribution in [2.45, 2.75) is 19.6 Å². The fourth-order valence-corrected chi connectivity index (χ4v) is 3.23. The molecule has 6 heteroatoms. The van der Waals surface area contributed by atoms with E-state index in [2.05, 4.69) is 0 Å². The summed E-state index contributed by atoms with van der Waals surface area (Å²) in [5.74, 6) is -0.0810. The van der Waals surface area contributed by atoms with Crippen LogP contribution in [0.25, 0.3) is 22.1 Å². The van der Waals surface area contributed by atoms with Crippen LogP contribution in [-0.2, 0) is 16.1 Å². The topological polar surface area (TPSA) is 65.7 Å². The summed E-state index contributed by atoms with van der Waals surface area (Å²) >= 11 is 5.92. The molecule has 1 atom stereocenters. The number of fused-ring (bicyclic) bond motifs is 1. The number of benzene rings is 3. The molecule has 156 valence electrons. The standard InChI is InChI=1S/C25H19ClO5/c1-16(25(28)30-14-17-5-3-2-4-6-17)31-20-11-12-21-23(13-20)29-15-22(24(21)27)18-7-9-19(26)10-8-18/h2-13,15-16H,14H2,1H3. The van der Waals surface area contributed by atoms with E-state index >= 15 is 0 Å². The highest BCUT2D eigenvalue weighted by Gasteiger charge is 2.17. The lowest BCUT2D eigenvalue weighted by atomic mass is 10.1. The van der Waals surface area contributed by atoms with Gasteiger partial charge in [0, 0.05) is 11.1 Å². The minimum absolute atomic E-state index is 0.162. The molecule has 31 heavy (non-hydrogen) atoms. The molecule has 0 amide bonds. The molecule has 0 fully saturated rings. The van der Waals surface area contributed by atoms with Gasteiger partial charge in [0.15, 0.2) is 11.5 Å². The van der Waals surface area contributed by atoms with E-state index in [0.717, 1.165) is 11.1 Å². The molecule has 0 radical (unpaired) electrons. The van der Waals surface area contributed by atoms with Crippen LogP contribution in [0, 0.1) is 0 Å². The van der Waals surface area contributed by atoms with E-state index in [1.165, 1.54) is 6.26 Å². The number of rotatable bonds is 6. The van der Waals surface area contributed by atoms with E-state index in [1.54, 1.807) is 49.4 Å². The number of ether oxygens (including phenoxy) is 2. The third kappa shape index (κ3) is 4.78. The van der Waals surface area contributed by atoms with Crippen LogP contribution in [0.1, 0.15) is 12.5 Å². The monoisotopic (exact) mass is 434 g/mol. The van der Waals surface area contributed by atoms with Crippen LogP contribution in [0.3, 0.4) is 0 Å². The van der Waals surface area contributed by atoms with Gasteiger partial charge >= 0.3 is 5.97 Å². The highest BCUT2D eigenvalue weighted by Crippen LogP contribution is 2.24. The Morgan fingerprint density at radius 1 is 1.03 bits per heavy atom. The average molecular weight is 435 g/mol. The van der Waals surface area contributed by atoms with Crippen molar-refractivity contribution in [3.63, 3.8) is 0 Å². The fraction of sp³-hybridized carbons (Fsp3) is 0.120. The minimum atomic E-state index is -0.818. The maximum absolute atomic E-state index is 12.9. The van der Waals surface area contributed by atoms with Gasteiger partial charge < -0.3 is 13.9 Å². The molecule has 0 bridgehead atoms. The molecule has 0 aliphatic heterocycles. The van der Waals surface area contributed by atoms with Crippen molar-refractivity contribution in [1.29, 1.82) is 0 Å². The van der Waals surface area contributed by atoms with Crippen LogP contribution < -0.4 is 10.2 Å². The molecule has 1 unspecified atom stereocenters. The zero-order chi connectivity index (χ0) is 21.8. The van der Waals surface area contributed by atoms with Gasteiger partial charge in [-0.15, -0.1) is 0 Å². The lowest BCUT2D eigenvalue weighted by Gasteiger charge is -2.14.